The van der Waals surface area contributed by atoms with Crippen LogP contribution < -0.4 is 10.1 Å². The quantitative estimate of drug-likeness (QED) is 0.146. The molecular formula is C33H39N3O9. The van der Waals surface area contributed by atoms with Gasteiger partial charge in [0, 0.05) is 43.8 Å². The average Bonchev–Trinajstić information content (AvgIpc) is 3.42. The van der Waals surface area contributed by atoms with Gasteiger partial charge in [0.1, 0.15) is 36.2 Å². The van der Waals surface area contributed by atoms with Crippen LogP contribution in [0.5, 0.6) is 5.75 Å². The Kier molecular flexibility index (Phi) is 9.36. The first kappa shape index (κ1) is 31.4. The van der Waals surface area contributed by atoms with Crippen LogP contribution in [0.1, 0.15) is 15.9 Å². The lowest BCUT2D eigenvalue weighted by molar-refractivity contribution is -0.288. The molecule has 240 valence electrons. The maximum absolute atomic E-state index is 13.8. The van der Waals surface area contributed by atoms with Crippen LogP contribution in [0.15, 0.2) is 66.9 Å². The molecule has 1 aromatic heterocycles. The first-order valence-corrected chi connectivity index (χ1v) is 15.1. The maximum atomic E-state index is 13.8. The Balaban J connectivity index is 1.31. The van der Waals surface area contributed by atoms with Crippen molar-refractivity contribution in [1.82, 2.24) is 14.8 Å². The van der Waals surface area contributed by atoms with E-state index in [1.807, 2.05) is 47.0 Å². The number of hydrogen-bond acceptors (Lipinski definition) is 10. The summed E-state index contributed by atoms with van der Waals surface area (Å²) in [5, 5.41) is 57.1. The van der Waals surface area contributed by atoms with Gasteiger partial charge >= 0.3 is 0 Å². The lowest BCUT2D eigenvalue weighted by atomic mass is 9.83. The summed E-state index contributed by atoms with van der Waals surface area (Å²) in [6.07, 6.45) is -5.02. The normalized spacial score (nSPS) is 25.9. The third-order valence-corrected chi connectivity index (χ3v) is 8.81. The number of amides is 1. The van der Waals surface area contributed by atoms with Crippen LogP contribution in [0.3, 0.4) is 0 Å². The molecule has 0 spiro atoms. The van der Waals surface area contributed by atoms with Gasteiger partial charge in [-0.2, -0.15) is 0 Å². The highest BCUT2D eigenvalue weighted by Crippen LogP contribution is 2.32. The number of carbonyl (C=O) groups is 1. The molecule has 3 aromatic carbocycles. The van der Waals surface area contributed by atoms with Gasteiger partial charge in [-0.3, -0.25) is 9.69 Å². The van der Waals surface area contributed by atoms with Crippen LogP contribution >= 0.6 is 0 Å². The van der Waals surface area contributed by atoms with Crippen molar-refractivity contribution in [3.05, 3.63) is 78.0 Å². The highest BCUT2D eigenvalue weighted by atomic mass is 16.6. The molecule has 12 heteroatoms. The molecule has 6 N–H and O–H groups in total. The number of fused-ring (bicyclic) bond motifs is 2. The van der Waals surface area contributed by atoms with Crippen LogP contribution in [0, 0.1) is 0 Å². The van der Waals surface area contributed by atoms with Crippen molar-refractivity contribution in [2.45, 2.75) is 36.7 Å². The van der Waals surface area contributed by atoms with Gasteiger partial charge < -0.3 is 49.6 Å². The number of nitrogens with one attached hydrogen (secondary N) is 1. The molecular weight excluding hydrogens is 582 g/mol. The Morgan fingerprint density at radius 3 is 2.53 bits per heavy atom. The van der Waals surface area contributed by atoms with E-state index in [9.17, 15) is 30.3 Å². The molecule has 1 unspecified atom stereocenters. The lowest BCUT2D eigenvalue weighted by Crippen LogP contribution is -2.74. The van der Waals surface area contributed by atoms with E-state index in [2.05, 4.69) is 16.3 Å². The van der Waals surface area contributed by atoms with E-state index < -0.39 is 49.3 Å². The van der Waals surface area contributed by atoms with Crippen molar-refractivity contribution in [3.8, 4) is 5.75 Å². The summed E-state index contributed by atoms with van der Waals surface area (Å²) in [4.78, 5) is 16.1. The first-order chi connectivity index (χ1) is 21.8. The van der Waals surface area contributed by atoms with E-state index in [1.165, 1.54) is 0 Å². The fraction of sp³-hybridized carbons (Fsp3) is 0.424. The van der Waals surface area contributed by atoms with Gasteiger partial charge in [-0.25, -0.2) is 0 Å². The Morgan fingerprint density at radius 1 is 1.00 bits per heavy atom. The molecule has 3 heterocycles. The zero-order chi connectivity index (χ0) is 31.6. The number of nitrogens with zero attached hydrogens (tertiary/aromatic N) is 2. The monoisotopic (exact) mass is 621 g/mol. The smallest absolute Gasteiger partial charge is 0.254 e. The second-order valence-corrected chi connectivity index (χ2v) is 11.6. The van der Waals surface area contributed by atoms with Crippen LogP contribution in [0.4, 0.5) is 0 Å². The summed E-state index contributed by atoms with van der Waals surface area (Å²) < 4.78 is 18.7. The van der Waals surface area contributed by atoms with E-state index in [1.54, 1.807) is 18.3 Å². The van der Waals surface area contributed by atoms with E-state index in [4.69, 9.17) is 14.2 Å². The molecule has 5 atom stereocenters. The number of ether oxygens (including phenoxy) is 3. The van der Waals surface area contributed by atoms with Gasteiger partial charge in [-0.05, 0) is 34.5 Å². The number of aliphatic hydroxyl groups is 5. The number of hydrogen-bond donors (Lipinski definition) is 6. The number of aromatic nitrogens is 1. The first-order valence-electron chi connectivity index (χ1n) is 15.1. The number of aliphatic hydroxyl groups excluding tert-OH is 5. The van der Waals surface area contributed by atoms with Crippen LogP contribution in [-0.2, 0) is 16.0 Å². The molecule has 2 aliphatic heterocycles. The summed E-state index contributed by atoms with van der Waals surface area (Å²) >= 11 is 0. The molecule has 6 rings (SSSR count). The standard InChI is InChI=1S/C33H39N3O9/c37-19-28-29(39)30(40)33(20-38,32(42)45-28)34-31(41)26-18-36(17-21-5-6-22-3-1-2-4-23(22)15-21)27-16-24(7-8-25(26)27)44-14-11-35-9-12-43-13-10-35/h1-8,15-16,18,28-30,32,37-40,42H,9-14,17,19-20H2,(H,34,41)/t28-,29-,30+,32?,33-/m1/s1. The van der Waals surface area contributed by atoms with Gasteiger partial charge in [0.2, 0.25) is 0 Å². The SMILES string of the molecule is O=C(N[C@@]1(CO)C(O)O[C@H](CO)[C@@H](O)[C@@H]1O)c1cn(Cc2ccc3ccccc3c2)c2cc(OCCN3CCOCC3)ccc12. The summed E-state index contributed by atoms with van der Waals surface area (Å²) in [5.41, 5.74) is -0.196. The zero-order valence-electron chi connectivity index (χ0n) is 24.8. The summed E-state index contributed by atoms with van der Waals surface area (Å²) in [6.45, 7) is 3.19. The van der Waals surface area contributed by atoms with Crippen molar-refractivity contribution in [1.29, 1.82) is 0 Å². The van der Waals surface area contributed by atoms with E-state index in [-0.39, 0.29) is 5.56 Å². The minimum atomic E-state index is -2.14. The topological polar surface area (TPSA) is 166 Å². The van der Waals surface area contributed by atoms with E-state index in [0.717, 1.165) is 41.5 Å². The molecule has 2 aliphatic rings. The fourth-order valence-corrected chi connectivity index (χ4v) is 6.12. The van der Waals surface area contributed by atoms with Crippen LogP contribution in [0.2, 0.25) is 0 Å². The second kappa shape index (κ2) is 13.4. The molecule has 2 saturated heterocycles. The largest absolute Gasteiger partial charge is 0.492 e. The van der Waals surface area contributed by atoms with Gasteiger partial charge in [-0.1, -0.05) is 36.4 Å². The summed E-state index contributed by atoms with van der Waals surface area (Å²) in [6, 6.07) is 19.7. The molecule has 0 saturated carbocycles. The number of morpholine rings is 1. The lowest BCUT2D eigenvalue weighted by Gasteiger charge is -2.48. The van der Waals surface area contributed by atoms with Crippen molar-refractivity contribution in [3.63, 3.8) is 0 Å². The van der Waals surface area contributed by atoms with E-state index in [0.29, 0.717) is 37.5 Å². The number of rotatable bonds is 10. The van der Waals surface area contributed by atoms with Gasteiger partial charge in [0.05, 0.1) is 37.5 Å². The van der Waals surface area contributed by atoms with Gasteiger partial charge in [-0.15, -0.1) is 0 Å². The fourth-order valence-electron chi connectivity index (χ4n) is 6.12. The van der Waals surface area contributed by atoms with Crippen LogP contribution in [-0.4, -0.2) is 124 Å². The molecule has 0 radical (unpaired) electrons. The predicted molar refractivity (Wildman–Crippen MR) is 165 cm³/mol. The Morgan fingerprint density at radius 2 is 1.78 bits per heavy atom. The van der Waals surface area contributed by atoms with Gasteiger partial charge in [0.25, 0.3) is 5.91 Å². The van der Waals surface area contributed by atoms with Gasteiger partial charge in [0.15, 0.2) is 6.29 Å². The van der Waals surface area contributed by atoms with Crippen molar-refractivity contribution in [2.24, 2.45) is 0 Å². The van der Waals surface area contributed by atoms with Crippen molar-refractivity contribution in [2.75, 3.05) is 52.7 Å². The minimum Gasteiger partial charge on any atom is -0.492 e. The zero-order valence-corrected chi connectivity index (χ0v) is 24.8. The molecule has 4 aromatic rings. The summed E-state index contributed by atoms with van der Waals surface area (Å²) in [5.74, 6) is -0.0688. The van der Waals surface area contributed by atoms with Crippen LogP contribution in [0.25, 0.3) is 21.7 Å². The average molecular weight is 622 g/mol. The molecule has 0 aliphatic carbocycles. The highest BCUT2D eigenvalue weighted by molar-refractivity contribution is 6.07. The molecule has 12 nitrogen and oxygen atoms in total. The third kappa shape index (κ3) is 6.28. The highest BCUT2D eigenvalue weighted by Gasteiger charge is 2.56. The molecule has 45 heavy (non-hydrogen) atoms. The van der Waals surface area contributed by atoms with E-state index >= 15 is 0 Å². The predicted octanol–water partition coefficient (Wildman–Crippen LogP) is 0.446. The molecule has 0 bridgehead atoms. The Bertz CT molecular complexity index is 1640. The van der Waals surface area contributed by atoms with Crippen molar-refractivity contribution < 1.29 is 44.5 Å². The third-order valence-electron chi connectivity index (χ3n) is 8.81. The minimum absolute atomic E-state index is 0.219. The Hall–Kier alpha value is -3.59. The maximum Gasteiger partial charge on any atom is 0.254 e. The molecule has 2 fully saturated rings. The summed E-state index contributed by atoms with van der Waals surface area (Å²) in [7, 11) is 0. The number of carbonyl (C=O) groups excluding carboxylic acids is 1. The second-order valence-electron chi connectivity index (χ2n) is 11.6. The Labute approximate surface area is 260 Å². The number of benzene rings is 3. The molecule has 1 amide bonds. The van der Waals surface area contributed by atoms with Crippen molar-refractivity contribution >= 4 is 27.6 Å².